The van der Waals surface area contributed by atoms with Crippen LogP contribution in [0.4, 0.5) is 0 Å². The third-order valence-corrected chi connectivity index (χ3v) is 5.87. The Balaban J connectivity index is 2.07. The fraction of sp³-hybridized carbons (Fsp3) is 0.211. The van der Waals surface area contributed by atoms with Crippen LogP contribution in [0.1, 0.15) is 18.9 Å². The molecule has 0 saturated carbocycles. The Hall–Kier alpha value is -2.60. The van der Waals surface area contributed by atoms with Crippen LogP contribution in [-0.2, 0) is 14.6 Å². The monoisotopic (exact) mass is 358 g/mol. The van der Waals surface area contributed by atoms with E-state index in [-0.39, 0.29) is 22.6 Å². The normalized spacial score (nSPS) is 15.6. The Labute approximate surface area is 146 Å². The van der Waals surface area contributed by atoms with E-state index in [1.807, 2.05) is 31.2 Å². The van der Waals surface area contributed by atoms with Gasteiger partial charge in [-0.15, -0.1) is 0 Å². The van der Waals surface area contributed by atoms with E-state index in [1.54, 1.807) is 18.2 Å². The maximum Gasteiger partial charge on any atom is 0.331 e. The number of aliphatic carboxylic acids is 1. The maximum absolute atomic E-state index is 12.4. The van der Waals surface area contributed by atoms with Gasteiger partial charge in [0.25, 0.3) is 0 Å². The summed E-state index contributed by atoms with van der Waals surface area (Å²) >= 11 is 0. The van der Waals surface area contributed by atoms with Crippen molar-refractivity contribution in [2.45, 2.75) is 18.2 Å². The number of hydrogen-bond acceptors (Lipinski definition) is 4. The van der Waals surface area contributed by atoms with Crippen LogP contribution in [-0.4, -0.2) is 31.9 Å². The van der Waals surface area contributed by atoms with Gasteiger partial charge in [0.2, 0.25) is 0 Å². The quantitative estimate of drug-likeness (QED) is 0.906. The lowest BCUT2D eigenvalue weighted by atomic mass is 10.0. The van der Waals surface area contributed by atoms with E-state index in [4.69, 9.17) is 4.74 Å². The minimum absolute atomic E-state index is 0.00470. The second kappa shape index (κ2) is 6.72. The molecule has 130 valence electrons. The molecule has 0 radical (unpaired) electrons. The SMILES string of the molecule is CCOc1ccc(-c2ccc3c(c2)C=C(C(=O)O)CCS3(=O)=O)cc1. The Morgan fingerprint density at radius 1 is 1.12 bits per heavy atom. The highest BCUT2D eigenvalue weighted by Gasteiger charge is 2.24. The first kappa shape index (κ1) is 17.2. The molecule has 2 aromatic rings. The van der Waals surface area contributed by atoms with Crippen molar-refractivity contribution in [3.63, 3.8) is 0 Å². The van der Waals surface area contributed by atoms with Crippen molar-refractivity contribution in [3.05, 3.63) is 53.6 Å². The molecule has 25 heavy (non-hydrogen) atoms. The molecule has 0 fully saturated rings. The fourth-order valence-corrected chi connectivity index (χ4v) is 4.28. The molecule has 0 aromatic heterocycles. The molecule has 0 bridgehead atoms. The van der Waals surface area contributed by atoms with Crippen molar-refractivity contribution in [1.29, 1.82) is 0 Å². The second-order valence-corrected chi connectivity index (χ2v) is 7.83. The Bertz CT molecular complexity index is 940. The first-order valence-corrected chi connectivity index (χ1v) is 9.60. The van der Waals surface area contributed by atoms with E-state index in [0.29, 0.717) is 12.2 Å². The van der Waals surface area contributed by atoms with Crippen molar-refractivity contribution in [3.8, 4) is 16.9 Å². The summed E-state index contributed by atoms with van der Waals surface area (Å²) in [5.41, 5.74) is 2.24. The maximum atomic E-state index is 12.4. The molecular weight excluding hydrogens is 340 g/mol. The third-order valence-electron chi connectivity index (χ3n) is 4.09. The summed E-state index contributed by atoms with van der Waals surface area (Å²) in [6, 6.07) is 12.5. The summed E-state index contributed by atoms with van der Waals surface area (Å²) in [7, 11) is -3.49. The Kier molecular flexibility index (Phi) is 4.63. The minimum atomic E-state index is -3.49. The molecule has 0 amide bonds. The highest BCUT2D eigenvalue weighted by atomic mass is 32.2. The van der Waals surface area contributed by atoms with Crippen LogP contribution in [0, 0.1) is 0 Å². The molecule has 0 aliphatic carbocycles. The molecule has 0 unspecified atom stereocenters. The van der Waals surface area contributed by atoms with Crippen LogP contribution < -0.4 is 4.74 Å². The van der Waals surface area contributed by atoms with Gasteiger partial charge in [-0.3, -0.25) is 0 Å². The zero-order valence-electron chi connectivity index (χ0n) is 13.7. The van der Waals surface area contributed by atoms with Gasteiger partial charge in [0.15, 0.2) is 9.84 Å². The van der Waals surface area contributed by atoms with Crippen LogP contribution in [0.25, 0.3) is 17.2 Å². The summed E-state index contributed by atoms with van der Waals surface area (Å²) in [5.74, 6) is -0.522. The first-order valence-electron chi connectivity index (χ1n) is 7.94. The van der Waals surface area contributed by atoms with Crippen molar-refractivity contribution >= 4 is 21.9 Å². The van der Waals surface area contributed by atoms with Gasteiger partial charge in [-0.2, -0.15) is 0 Å². The predicted octanol–water partition coefficient (Wildman–Crippen LogP) is 3.40. The zero-order chi connectivity index (χ0) is 18.0. The molecule has 3 rings (SSSR count). The van der Waals surface area contributed by atoms with Crippen molar-refractivity contribution in [2.24, 2.45) is 0 Å². The van der Waals surface area contributed by atoms with Crippen molar-refractivity contribution < 1.29 is 23.1 Å². The number of carboxylic acids is 1. The number of hydrogen-bond donors (Lipinski definition) is 1. The number of carbonyl (C=O) groups is 1. The van der Waals surface area contributed by atoms with Gasteiger partial charge in [0.05, 0.1) is 17.3 Å². The van der Waals surface area contributed by atoms with Crippen LogP contribution in [0.3, 0.4) is 0 Å². The minimum Gasteiger partial charge on any atom is -0.494 e. The smallest absolute Gasteiger partial charge is 0.331 e. The number of benzene rings is 2. The molecule has 5 nitrogen and oxygen atoms in total. The molecule has 0 saturated heterocycles. The third kappa shape index (κ3) is 3.58. The van der Waals surface area contributed by atoms with Gasteiger partial charge < -0.3 is 9.84 Å². The predicted molar refractivity (Wildman–Crippen MR) is 95.3 cm³/mol. The van der Waals surface area contributed by atoms with E-state index < -0.39 is 15.8 Å². The van der Waals surface area contributed by atoms with Crippen LogP contribution in [0.5, 0.6) is 5.75 Å². The lowest BCUT2D eigenvalue weighted by molar-refractivity contribution is -0.132. The summed E-state index contributed by atoms with van der Waals surface area (Å²) in [6.45, 7) is 2.49. The molecule has 0 atom stereocenters. The number of ether oxygens (including phenoxy) is 1. The van der Waals surface area contributed by atoms with Crippen LogP contribution >= 0.6 is 0 Å². The average Bonchev–Trinajstić information content (AvgIpc) is 2.72. The standard InChI is InChI=1S/C19H18O5S/c1-2-24-17-6-3-13(4-7-17)14-5-8-18-16(11-14)12-15(19(20)21)9-10-25(18,22)23/h3-8,11-12H,2,9-10H2,1H3,(H,20,21). The second-order valence-electron chi connectivity index (χ2n) is 5.75. The molecule has 1 heterocycles. The van der Waals surface area contributed by atoms with Gasteiger partial charge in [-0.25, -0.2) is 13.2 Å². The summed E-state index contributed by atoms with van der Waals surface area (Å²) in [5, 5.41) is 9.25. The lowest BCUT2D eigenvalue weighted by Crippen LogP contribution is -2.08. The molecule has 1 aliphatic rings. The molecule has 0 spiro atoms. The number of rotatable bonds is 4. The van der Waals surface area contributed by atoms with E-state index in [1.165, 1.54) is 6.08 Å². The molecule has 2 aromatic carbocycles. The van der Waals surface area contributed by atoms with Crippen molar-refractivity contribution in [1.82, 2.24) is 0 Å². The molecule has 1 aliphatic heterocycles. The van der Waals surface area contributed by atoms with Gasteiger partial charge in [0, 0.05) is 5.57 Å². The number of sulfone groups is 1. The summed E-state index contributed by atoms with van der Waals surface area (Å²) < 4.78 is 30.2. The molecule has 6 heteroatoms. The first-order chi connectivity index (χ1) is 11.9. The lowest BCUT2D eigenvalue weighted by Gasteiger charge is -2.09. The van der Waals surface area contributed by atoms with E-state index in [9.17, 15) is 18.3 Å². The van der Waals surface area contributed by atoms with Gasteiger partial charge in [-0.1, -0.05) is 18.2 Å². The fourth-order valence-electron chi connectivity index (χ4n) is 2.82. The van der Waals surface area contributed by atoms with E-state index in [0.717, 1.165) is 16.9 Å². The zero-order valence-corrected chi connectivity index (χ0v) is 14.5. The van der Waals surface area contributed by atoms with Gasteiger partial charge in [0.1, 0.15) is 5.75 Å². The van der Waals surface area contributed by atoms with Gasteiger partial charge in [-0.05, 0) is 60.4 Å². The number of carboxylic acid groups (broad SMARTS) is 1. The topological polar surface area (TPSA) is 80.7 Å². The average molecular weight is 358 g/mol. The number of fused-ring (bicyclic) bond motifs is 1. The van der Waals surface area contributed by atoms with Crippen molar-refractivity contribution in [2.75, 3.05) is 12.4 Å². The summed E-state index contributed by atoms with van der Waals surface area (Å²) in [4.78, 5) is 11.5. The van der Waals surface area contributed by atoms with E-state index in [2.05, 4.69) is 0 Å². The summed E-state index contributed by atoms with van der Waals surface area (Å²) in [6.07, 6.45) is 1.46. The Morgan fingerprint density at radius 2 is 1.80 bits per heavy atom. The molecule has 1 N–H and O–H groups in total. The van der Waals surface area contributed by atoms with Crippen LogP contribution in [0.15, 0.2) is 52.9 Å². The Morgan fingerprint density at radius 3 is 2.44 bits per heavy atom. The van der Waals surface area contributed by atoms with Gasteiger partial charge >= 0.3 is 5.97 Å². The highest BCUT2D eigenvalue weighted by molar-refractivity contribution is 7.91. The van der Waals surface area contributed by atoms with Crippen LogP contribution in [0.2, 0.25) is 0 Å². The largest absolute Gasteiger partial charge is 0.494 e. The molecular formula is C19H18O5S. The van der Waals surface area contributed by atoms with E-state index >= 15 is 0 Å². The highest BCUT2D eigenvalue weighted by Crippen LogP contribution is 2.31.